The van der Waals surface area contributed by atoms with Crippen LogP contribution < -0.4 is 0 Å². The van der Waals surface area contributed by atoms with E-state index in [1.54, 1.807) is 22.2 Å². The van der Waals surface area contributed by atoms with Crippen molar-refractivity contribution in [1.82, 2.24) is 20.0 Å². The van der Waals surface area contributed by atoms with Crippen molar-refractivity contribution in [3.8, 4) is 5.00 Å². The first-order valence-electron chi connectivity index (χ1n) is 3.58. The lowest BCUT2D eigenvalue weighted by Gasteiger charge is -1.93. The molecule has 0 aliphatic carbocycles. The van der Waals surface area contributed by atoms with Gasteiger partial charge in [-0.25, -0.2) is 9.67 Å². The van der Waals surface area contributed by atoms with Gasteiger partial charge in [0.25, 0.3) is 0 Å². The van der Waals surface area contributed by atoms with Gasteiger partial charge in [0, 0.05) is 0 Å². The number of aryl methyl sites for hydroxylation is 2. The Bertz CT molecular complexity index is 376. The van der Waals surface area contributed by atoms with Crippen LogP contribution in [0.5, 0.6) is 0 Å². The molecular weight excluding hydrogens is 172 g/mol. The molecule has 0 saturated heterocycles. The number of thiazole rings is 1. The summed E-state index contributed by atoms with van der Waals surface area (Å²) in [6.45, 7) is 3.96. The maximum Gasteiger partial charge on any atom is 0.142 e. The molecule has 0 fully saturated rings. The molecule has 0 aromatic carbocycles. The van der Waals surface area contributed by atoms with E-state index < -0.39 is 0 Å². The smallest absolute Gasteiger partial charge is 0.142 e. The zero-order valence-electron chi connectivity index (χ0n) is 6.85. The Hall–Kier alpha value is -1.23. The number of rotatable bonds is 1. The molecule has 0 spiro atoms. The minimum absolute atomic E-state index is 1.00. The molecule has 0 unspecified atom stereocenters. The van der Waals surface area contributed by atoms with E-state index in [-0.39, 0.29) is 0 Å². The van der Waals surface area contributed by atoms with Gasteiger partial charge < -0.3 is 0 Å². The van der Waals surface area contributed by atoms with Crippen LogP contribution in [0.25, 0.3) is 5.00 Å². The van der Waals surface area contributed by atoms with Gasteiger partial charge in [-0.15, -0.1) is 5.10 Å². The van der Waals surface area contributed by atoms with Gasteiger partial charge in [0.1, 0.15) is 5.00 Å². The van der Waals surface area contributed by atoms with Crippen LogP contribution in [-0.2, 0) is 0 Å². The highest BCUT2D eigenvalue weighted by molar-refractivity contribution is 7.14. The predicted molar refractivity (Wildman–Crippen MR) is 46.5 cm³/mol. The number of aromatic nitrogens is 4. The molecule has 0 N–H and O–H groups in total. The highest BCUT2D eigenvalue weighted by Crippen LogP contribution is 2.20. The first-order valence-corrected chi connectivity index (χ1v) is 4.40. The van der Waals surface area contributed by atoms with E-state index in [2.05, 4.69) is 15.3 Å². The van der Waals surface area contributed by atoms with E-state index in [1.807, 2.05) is 20.0 Å². The third-order valence-corrected chi connectivity index (χ3v) is 2.57. The molecule has 0 aliphatic heterocycles. The molecule has 2 heterocycles. The quantitative estimate of drug-likeness (QED) is 0.665. The average molecular weight is 180 g/mol. The highest BCUT2D eigenvalue weighted by atomic mass is 32.1. The third-order valence-electron chi connectivity index (χ3n) is 1.51. The van der Waals surface area contributed by atoms with Crippen molar-refractivity contribution in [1.29, 1.82) is 0 Å². The Balaban J connectivity index is 2.54. The van der Waals surface area contributed by atoms with Crippen molar-refractivity contribution in [2.24, 2.45) is 0 Å². The van der Waals surface area contributed by atoms with Crippen LogP contribution in [0.2, 0.25) is 0 Å². The van der Waals surface area contributed by atoms with Crippen LogP contribution in [0.15, 0.2) is 12.4 Å². The zero-order valence-corrected chi connectivity index (χ0v) is 7.67. The van der Waals surface area contributed by atoms with E-state index in [9.17, 15) is 0 Å². The van der Waals surface area contributed by atoms with Crippen molar-refractivity contribution in [2.75, 3.05) is 0 Å². The van der Waals surface area contributed by atoms with Gasteiger partial charge in [-0.2, -0.15) is 0 Å². The van der Waals surface area contributed by atoms with Gasteiger partial charge in [0.2, 0.25) is 0 Å². The van der Waals surface area contributed by atoms with Gasteiger partial charge in [-0.1, -0.05) is 16.6 Å². The Morgan fingerprint density at radius 2 is 2.25 bits per heavy atom. The monoisotopic (exact) mass is 180 g/mol. The molecule has 5 heteroatoms. The molecule has 4 nitrogen and oxygen atoms in total. The molecule has 0 saturated carbocycles. The molecule has 0 radical (unpaired) electrons. The second-order valence-electron chi connectivity index (χ2n) is 2.47. The number of hydrogen-bond acceptors (Lipinski definition) is 4. The van der Waals surface area contributed by atoms with Gasteiger partial charge in [0.15, 0.2) is 0 Å². The molecule has 2 aromatic heterocycles. The van der Waals surface area contributed by atoms with Crippen LogP contribution in [0.1, 0.15) is 10.7 Å². The minimum atomic E-state index is 1.00. The lowest BCUT2D eigenvalue weighted by atomic mass is 10.5. The van der Waals surface area contributed by atoms with Crippen LogP contribution in [0, 0.1) is 13.8 Å². The Labute approximate surface area is 73.9 Å². The maximum atomic E-state index is 4.30. The van der Waals surface area contributed by atoms with E-state index in [4.69, 9.17) is 0 Å². The van der Waals surface area contributed by atoms with Crippen molar-refractivity contribution in [3.05, 3.63) is 23.1 Å². The summed E-state index contributed by atoms with van der Waals surface area (Å²) in [5.41, 5.74) is 1.00. The van der Waals surface area contributed by atoms with Crippen LogP contribution in [0.3, 0.4) is 0 Å². The topological polar surface area (TPSA) is 43.6 Å². The summed E-state index contributed by atoms with van der Waals surface area (Å²) < 4.78 is 1.74. The SMILES string of the molecule is Cc1nc(C)c(-n2ccnn2)s1. The molecule has 0 bridgehead atoms. The van der Waals surface area contributed by atoms with E-state index in [1.165, 1.54) is 0 Å². The van der Waals surface area contributed by atoms with Crippen molar-refractivity contribution in [2.45, 2.75) is 13.8 Å². The van der Waals surface area contributed by atoms with Crippen molar-refractivity contribution >= 4 is 11.3 Å². The summed E-state index contributed by atoms with van der Waals surface area (Å²) in [5.74, 6) is 0. The summed E-state index contributed by atoms with van der Waals surface area (Å²) in [4.78, 5) is 4.30. The Morgan fingerprint density at radius 1 is 1.42 bits per heavy atom. The van der Waals surface area contributed by atoms with Gasteiger partial charge in [-0.3, -0.25) is 0 Å². The van der Waals surface area contributed by atoms with Gasteiger partial charge in [0.05, 0.1) is 23.1 Å². The summed E-state index contributed by atoms with van der Waals surface area (Å²) in [6, 6.07) is 0. The molecule has 62 valence electrons. The predicted octanol–water partition coefficient (Wildman–Crippen LogP) is 1.34. The molecule has 2 rings (SSSR count). The number of nitrogens with zero attached hydrogens (tertiary/aromatic N) is 4. The van der Waals surface area contributed by atoms with E-state index in [0.29, 0.717) is 0 Å². The number of hydrogen-bond donors (Lipinski definition) is 0. The lowest BCUT2D eigenvalue weighted by molar-refractivity contribution is 0.807. The minimum Gasteiger partial charge on any atom is -0.245 e. The third kappa shape index (κ3) is 1.12. The first kappa shape index (κ1) is 7.42. The largest absolute Gasteiger partial charge is 0.245 e. The molecule has 0 atom stereocenters. The first-order chi connectivity index (χ1) is 5.77. The van der Waals surface area contributed by atoms with Gasteiger partial charge >= 0.3 is 0 Å². The molecule has 0 aliphatic rings. The lowest BCUT2D eigenvalue weighted by Crippen LogP contribution is -1.93. The Kier molecular flexibility index (Phi) is 1.65. The second kappa shape index (κ2) is 2.67. The zero-order chi connectivity index (χ0) is 8.55. The standard InChI is InChI=1S/C7H8N4S/c1-5-7(12-6(2)9-5)11-4-3-8-10-11/h3-4H,1-2H3. The van der Waals surface area contributed by atoms with Crippen LogP contribution >= 0.6 is 11.3 Å². The van der Waals surface area contributed by atoms with Crippen LogP contribution in [0.4, 0.5) is 0 Å². The van der Waals surface area contributed by atoms with Crippen molar-refractivity contribution in [3.63, 3.8) is 0 Å². The fraction of sp³-hybridized carbons (Fsp3) is 0.286. The Morgan fingerprint density at radius 3 is 2.75 bits per heavy atom. The molecule has 12 heavy (non-hydrogen) atoms. The second-order valence-corrected chi connectivity index (χ2v) is 3.65. The molecular formula is C7H8N4S. The summed E-state index contributed by atoms with van der Waals surface area (Å²) in [7, 11) is 0. The maximum absolute atomic E-state index is 4.30. The highest BCUT2D eigenvalue weighted by Gasteiger charge is 2.06. The molecule has 2 aromatic rings. The fourth-order valence-electron chi connectivity index (χ4n) is 1.05. The summed E-state index contributed by atoms with van der Waals surface area (Å²) >= 11 is 1.62. The fourth-order valence-corrected chi connectivity index (χ4v) is 1.90. The van der Waals surface area contributed by atoms with E-state index in [0.717, 1.165) is 15.7 Å². The van der Waals surface area contributed by atoms with Crippen molar-refractivity contribution < 1.29 is 0 Å². The summed E-state index contributed by atoms with van der Waals surface area (Å²) in [6.07, 6.45) is 3.48. The van der Waals surface area contributed by atoms with E-state index >= 15 is 0 Å². The molecule has 0 amide bonds. The average Bonchev–Trinajstić information content (AvgIpc) is 2.58. The van der Waals surface area contributed by atoms with Gasteiger partial charge in [-0.05, 0) is 13.8 Å². The normalized spacial score (nSPS) is 10.5. The van der Waals surface area contributed by atoms with Crippen LogP contribution in [-0.4, -0.2) is 20.0 Å². The summed E-state index contributed by atoms with van der Waals surface area (Å²) in [5, 5.41) is 9.74.